The minimum Gasteiger partial charge on any atom is -0.326 e. The van der Waals surface area contributed by atoms with Gasteiger partial charge >= 0.3 is 6.18 Å². The number of anilines is 1. The molecule has 0 atom stereocenters. The number of amides is 1. The smallest absolute Gasteiger partial charge is 0.326 e. The van der Waals surface area contributed by atoms with E-state index >= 15 is 0 Å². The summed E-state index contributed by atoms with van der Waals surface area (Å²) < 4.78 is 49.4. The third-order valence-corrected chi connectivity index (χ3v) is 1.52. The lowest BCUT2D eigenvalue weighted by atomic mass is 10.2. The fourth-order valence-electron chi connectivity index (χ4n) is 0.926. The molecule has 0 aliphatic carbocycles. The maximum atomic E-state index is 13.0. The highest BCUT2D eigenvalue weighted by molar-refractivity contribution is 5.71. The standard InChI is InChI=1S/C8H5F4NO/c9-7-5(8(10,11)12)2-1-3-6(7)13-4-14/h1-4H,(H,13,14). The van der Waals surface area contributed by atoms with Gasteiger partial charge in [-0.25, -0.2) is 4.39 Å². The molecule has 1 aromatic rings. The first kappa shape index (κ1) is 10.5. The largest absolute Gasteiger partial charge is 0.419 e. The number of hydrogen-bond acceptors (Lipinski definition) is 1. The molecule has 0 radical (unpaired) electrons. The molecule has 0 aromatic heterocycles. The molecular formula is C8H5F4NO. The van der Waals surface area contributed by atoms with Crippen molar-refractivity contribution in [1.29, 1.82) is 0 Å². The van der Waals surface area contributed by atoms with Crippen molar-refractivity contribution >= 4 is 12.1 Å². The summed E-state index contributed by atoms with van der Waals surface area (Å²) in [4.78, 5) is 9.93. The van der Waals surface area contributed by atoms with Crippen LogP contribution in [0.15, 0.2) is 18.2 Å². The summed E-state index contributed by atoms with van der Waals surface area (Å²) in [6.07, 6.45) is -4.65. The van der Waals surface area contributed by atoms with Crippen molar-refractivity contribution in [2.24, 2.45) is 0 Å². The van der Waals surface area contributed by atoms with Gasteiger partial charge in [0.2, 0.25) is 6.41 Å². The van der Waals surface area contributed by atoms with Crippen LogP contribution in [0.2, 0.25) is 0 Å². The maximum absolute atomic E-state index is 13.0. The molecule has 0 bridgehead atoms. The lowest BCUT2D eigenvalue weighted by Crippen LogP contribution is -2.10. The van der Waals surface area contributed by atoms with Crippen LogP contribution >= 0.6 is 0 Å². The van der Waals surface area contributed by atoms with Crippen molar-refractivity contribution in [1.82, 2.24) is 0 Å². The normalized spacial score (nSPS) is 11.1. The van der Waals surface area contributed by atoms with Crippen LogP contribution in [0.5, 0.6) is 0 Å². The molecule has 0 aliphatic heterocycles. The molecule has 0 fully saturated rings. The highest BCUT2D eigenvalue weighted by atomic mass is 19.4. The van der Waals surface area contributed by atoms with E-state index in [1.165, 1.54) is 0 Å². The van der Waals surface area contributed by atoms with E-state index in [-0.39, 0.29) is 6.41 Å². The Morgan fingerprint density at radius 3 is 2.43 bits per heavy atom. The van der Waals surface area contributed by atoms with Gasteiger partial charge in [-0.2, -0.15) is 13.2 Å². The van der Waals surface area contributed by atoms with Crippen LogP contribution in [-0.2, 0) is 11.0 Å². The Balaban J connectivity index is 3.20. The van der Waals surface area contributed by atoms with Crippen LogP contribution in [-0.4, -0.2) is 6.41 Å². The van der Waals surface area contributed by atoms with Crippen molar-refractivity contribution in [3.8, 4) is 0 Å². The molecule has 1 amide bonds. The first-order chi connectivity index (χ1) is 6.46. The van der Waals surface area contributed by atoms with Crippen molar-refractivity contribution in [2.75, 3.05) is 5.32 Å². The van der Waals surface area contributed by atoms with Gasteiger partial charge in [0.25, 0.3) is 0 Å². The quantitative estimate of drug-likeness (QED) is 0.585. The van der Waals surface area contributed by atoms with E-state index in [9.17, 15) is 22.4 Å². The fourth-order valence-corrected chi connectivity index (χ4v) is 0.926. The first-order valence-electron chi connectivity index (χ1n) is 3.52. The number of halogens is 4. The SMILES string of the molecule is O=CNc1cccc(C(F)(F)F)c1F. The minimum absolute atomic E-state index is 0.110. The van der Waals surface area contributed by atoms with Gasteiger partial charge in [0.1, 0.15) is 0 Å². The molecule has 2 nitrogen and oxygen atoms in total. The Hall–Kier alpha value is -1.59. The Labute approximate surface area is 76.5 Å². The molecule has 1 N–H and O–H groups in total. The van der Waals surface area contributed by atoms with Crippen LogP contribution < -0.4 is 5.32 Å². The van der Waals surface area contributed by atoms with E-state index in [0.29, 0.717) is 6.07 Å². The van der Waals surface area contributed by atoms with Crippen molar-refractivity contribution in [3.63, 3.8) is 0 Å². The number of alkyl halides is 3. The lowest BCUT2D eigenvalue weighted by Gasteiger charge is -2.09. The number of hydrogen-bond donors (Lipinski definition) is 1. The molecule has 0 saturated heterocycles. The zero-order valence-electron chi connectivity index (χ0n) is 6.73. The summed E-state index contributed by atoms with van der Waals surface area (Å²) in [6.45, 7) is 0. The summed E-state index contributed by atoms with van der Waals surface area (Å²) in [5, 5.41) is 1.83. The molecule has 76 valence electrons. The highest BCUT2D eigenvalue weighted by Gasteiger charge is 2.34. The number of benzene rings is 1. The first-order valence-corrected chi connectivity index (χ1v) is 3.52. The molecule has 1 rings (SSSR count). The van der Waals surface area contributed by atoms with Crippen molar-refractivity contribution < 1.29 is 22.4 Å². The van der Waals surface area contributed by atoms with Crippen LogP contribution in [0.3, 0.4) is 0 Å². The zero-order chi connectivity index (χ0) is 10.8. The third-order valence-electron chi connectivity index (χ3n) is 1.52. The topological polar surface area (TPSA) is 29.1 Å². The van der Waals surface area contributed by atoms with E-state index < -0.39 is 23.2 Å². The average molecular weight is 207 g/mol. The second kappa shape index (κ2) is 3.65. The molecule has 0 aliphatic rings. The van der Waals surface area contributed by atoms with Gasteiger partial charge in [0, 0.05) is 0 Å². The number of carbonyl (C=O) groups is 1. The molecule has 1 aromatic carbocycles. The molecular weight excluding hydrogens is 202 g/mol. The van der Waals surface area contributed by atoms with Gasteiger partial charge in [-0.3, -0.25) is 4.79 Å². The van der Waals surface area contributed by atoms with E-state index in [1.807, 2.05) is 5.32 Å². The number of nitrogens with one attached hydrogen (secondary N) is 1. The average Bonchev–Trinajstić information content (AvgIpc) is 2.07. The van der Waals surface area contributed by atoms with Crippen molar-refractivity contribution in [3.05, 3.63) is 29.6 Å². The number of rotatable bonds is 2. The van der Waals surface area contributed by atoms with Crippen LogP contribution in [0.1, 0.15) is 5.56 Å². The minimum atomic E-state index is -4.76. The predicted octanol–water partition coefficient (Wildman–Crippen LogP) is 2.41. The van der Waals surface area contributed by atoms with E-state index in [4.69, 9.17) is 0 Å². The highest BCUT2D eigenvalue weighted by Crippen LogP contribution is 2.33. The predicted molar refractivity (Wildman–Crippen MR) is 41.1 cm³/mol. The molecule has 14 heavy (non-hydrogen) atoms. The molecule has 6 heteroatoms. The summed E-state index contributed by atoms with van der Waals surface area (Å²) >= 11 is 0. The lowest BCUT2D eigenvalue weighted by molar-refractivity contribution is -0.139. The Morgan fingerprint density at radius 1 is 1.29 bits per heavy atom. The summed E-state index contributed by atoms with van der Waals surface area (Å²) in [6, 6.07) is 2.65. The van der Waals surface area contributed by atoms with Gasteiger partial charge in [0.05, 0.1) is 11.3 Å². The Bertz CT molecular complexity index is 348. The Morgan fingerprint density at radius 2 is 1.93 bits per heavy atom. The van der Waals surface area contributed by atoms with Gasteiger partial charge in [0.15, 0.2) is 5.82 Å². The fraction of sp³-hybridized carbons (Fsp3) is 0.125. The molecule has 0 heterocycles. The van der Waals surface area contributed by atoms with Gasteiger partial charge < -0.3 is 5.32 Å². The monoisotopic (exact) mass is 207 g/mol. The second-order valence-corrected chi connectivity index (χ2v) is 2.43. The Kier molecular flexibility index (Phi) is 2.73. The van der Waals surface area contributed by atoms with Gasteiger partial charge in [-0.1, -0.05) is 6.07 Å². The molecule has 0 saturated carbocycles. The third kappa shape index (κ3) is 2.01. The summed E-state index contributed by atoms with van der Waals surface area (Å²) in [5.74, 6) is -1.48. The van der Waals surface area contributed by atoms with E-state index in [0.717, 1.165) is 12.1 Å². The van der Waals surface area contributed by atoms with Crippen molar-refractivity contribution in [2.45, 2.75) is 6.18 Å². The zero-order valence-corrected chi connectivity index (χ0v) is 6.73. The van der Waals surface area contributed by atoms with Crippen LogP contribution in [0.4, 0.5) is 23.2 Å². The van der Waals surface area contributed by atoms with Gasteiger partial charge in [-0.15, -0.1) is 0 Å². The van der Waals surface area contributed by atoms with E-state index in [2.05, 4.69) is 0 Å². The second-order valence-electron chi connectivity index (χ2n) is 2.43. The molecule has 0 unspecified atom stereocenters. The van der Waals surface area contributed by atoms with Gasteiger partial charge in [-0.05, 0) is 12.1 Å². The molecule has 0 spiro atoms. The summed E-state index contributed by atoms with van der Waals surface area (Å²) in [5.41, 5.74) is -1.89. The van der Waals surface area contributed by atoms with E-state index in [1.54, 1.807) is 0 Å². The number of carbonyl (C=O) groups excluding carboxylic acids is 1. The van der Waals surface area contributed by atoms with Crippen LogP contribution in [0, 0.1) is 5.82 Å². The maximum Gasteiger partial charge on any atom is 0.419 e. The van der Waals surface area contributed by atoms with Crippen LogP contribution in [0.25, 0.3) is 0 Å². The summed E-state index contributed by atoms with van der Waals surface area (Å²) in [7, 11) is 0.